The minimum absolute atomic E-state index is 0.569. The van der Waals surface area contributed by atoms with Gasteiger partial charge in [-0.05, 0) is 12.5 Å². The van der Waals surface area contributed by atoms with Crippen LogP contribution >= 0.6 is 0 Å². The fourth-order valence-corrected chi connectivity index (χ4v) is 1.24. The third kappa shape index (κ3) is 0.958. The van der Waals surface area contributed by atoms with Crippen molar-refractivity contribution in [2.45, 2.75) is 13.3 Å². The maximum atomic E-state index is 12.7. The van der Waals surface area contributed by atoms with Gasteiger partial charge in [-0.3, -0.25) is 0 Å². The zero-order valence-electron chi connectivity index (χ0n) is 6.63. The van der Waals surface area contributed by atoms with Crippen LogP contribution in [-0.4, -0.2) is 15.0 Å². The van der Waals surface area contributed by atoms with Crippen LogP contribution in [0.4, 0.5) is 4.39 Å². The van der Waals surface area contributed by atoms with Crippen molar-refractivity contribution in [1.82, 2.24) is 15.0 Å². The fourth-order valence-electron chi connectivity index (χ4n) is 1.24. The van der Waals surface area contributed by atoms with Crippen LogP contribution in [0.1, 0.15) is 12.6 Å². The molecule has 0 saturated heterocycles. The van der Waals surface area contributed by atoms with Crippen molar-refractivity contribution in [3.05, 3.63) is 24.0 Å². The Morgan fingerprint density at radius 1 is 1.50 bits per heavy atom. The van der Waals surface area contributed by atoms with E-state index in [4.69, 9.17) is 0 Å². The van der Waals surface area contributed by atoms with Crippen molar-refractivity contribution in [2.75, 3.05) is 0 Å². The lowest BCUT2D eigenvalue weighted by Gasteiger charge is -1.96. The van der Waals surface area contributed by atoms with Crippen molar-refractivity contribution in [2.24, 2.45) is 0 Å². The second kappa shape index (κ2) is 2.55. The van der Waals surface area contributed by atoms with Crippen LogP contribution in [0.25, 0.3) is 11.0 Å². The van der Waals surface area contributed by atoms with Crippen LogP contribution in [0, 0.1) is 6.08 Å². The monoisotopic (exact) mass is 165 g/mol. The minimum Gasteiger partial charge on any atom is -0.346 e. The van der Waals surface area contributed by atoms with Crippen molar-refractivity contribution in [3.8, 4) is 0 Å². The normalized spacial score (nSPS) is 10.8. The Morgan fingerprint density at radius 3 is 3.08 bits per heavy atom. The molecule has 0 unspecified atom stereocenters. The Hall–Kier alpha value is -1.45. The standard InChI is InChI=1S/C8H8FN3/c1-2-6-5-3-4-10-7(5)12-8(9)11-6/h3-4H,2H2,1H3,(H,10,11,12). The van der Waals surface area contributed by atoms with E-state index in [1.807, 2.05) is 13.0 Å². The first kappa shape index (κ1) is 7.21. The van der Waals surface area contributed by atoms with E-state index in [1.165, 1.54) is 0 Å². The van der Waals surface area contributed by atoms with Gasteiger partial charge < -0.3 is 4.98 Å². The first-order valence-electron chi connectivity index (χ1n) is 3.80. The second-order valence-corrected chi connectivity index (χ2v) is 2.53. The lowest BCUT2D eigenvalue weighted by Crippen LogP contribution is -1.95. The minimum atomic E-state index is -0.665. The molecule has 0 bridgehead atoms. The zero-order chi connectivity index (χ0) is 8.55. The lowest BCUT2D eigenvalue weighted by atomic mass is 10.2. The maximum Gasteiger partial charge on any atom is 0.310 e. The van der Waals surface area contributed by atoms with E-state index in [-0.39, 0.29) is 0 Å². The van der Waals surface area contributed by atoms with Crippen LogP contribution in [0.2, 0.25) is 0 Å². The predicted molar refractivity (Wildman–Crippen MR) is 43.2 cm³/mol. The van der Waals surface area contributed by atoms with Gasteiger partial charge in [-0.25, -0.2) is 4.98 Å². The molecule has 0 aliphatic heterocycles. The number of aryl methyl sites for hydroxylation is 1. The Bertz CT molecular complexity index is 408. The highest BCUT2D eigenvalue weighted by atomic mass is 19.1. The summed E-state index contributed by atoms with van der Waals surface area (Å²) in [6.07, 6.45) is 1.79. The highest BCUT2D eigenvalue weighted by Gasteiger charge is 2.05. The van der Waals surface area contributed by atoms with Gasteiger partial charge in [0.05, 0.1) is 5.69 Å². The lowest BCUT2D eigenvalue weighted by molar-refractivity contribution is 0.538. The third-order valence-corrected chi connectivity index (χ3v) is 1.80. The fraction of sp³-hybridized carbons (Fsp3) is 0.250. The molecule has 3 nitrogen and oxygen atoms in total. The third-order valence-electron chi connectivity index (χ3n) is 1.80. The first-order chi connectivity index (χ1) is 5.81. The van der Waals surface area contributed by atoms with Crippen molar-refractivity contribution in [1.29, 1.82) is 0 Å². The zero-order valence-corrected chi connectivity index (χ0v) is 6.63. The molecule has 0 aliphatic rings. The topological polar surface area (TPSA) is 41.6 Å². The average molecular weight is 165 g/mol. The summed E-state index contributed by atoms with van der Waals surface area (Å²) in [7, 11) is 0. The van der Waals surface area contributed by atoms with Gasteiger partial charge in [0, 0.05) is 11.6 Å². The molecule has 62 valence electrons. The van der Waals surface area contributed by atoms with Gasteiger partial charge in [-0.2, -0.15) is 9.37 Å². The van der Waals surface area contributed by atoms with E-state index in [1.54, 1.807) is 6.20 Å². The molecular formula is C8H8FN3. The molecule has 2 aromatic rings. The van der Waals surface area contributed by atoms with Crippen LogP contribution in [0.3, 0.4) is 0 Å². The molecule has 2 heterocycles. The molecule has 1 N–H and O–H groups in total. The summed E-state index contributed by atoms with van der Waals surface area (Å²) in [6, 6.07) is 1.85. The van der Waals surface area contributed by atoms with Gasteiger partial charge in [0.15, 0.2) is 0 Å². The van der Waals surface area contributed by atoms with Crippen molar-refractivity contribution >= 4 is 11.0 Å². The number of aromatic amines is 1. The number of nitrogens with zero attached hydrogens (tertiary/aromatic N) is 2. The molecule has 0 saturated carbocycles. The molecule has 4 heteroatoms. The average Bonchev–Trinajstić information content (AvgIpc) is 2.50. The highest BCUT2D eigenvalue weighted by molar-refractivity contribution is 5.77. The molecule has 0 amide bonds. The molecule has 0 atom stereocenters. The van der Waals surface area contributed by atoms with E-state index in [0.29, 0.717) is 12.1 Å². The summed E-state index contributed by atoms with van der Waals surface area (Å²) in [5, 5.41) is 0.902. The number of hydrogen-bond donors (Lipinski definition) is 1. The second-order valence-electron chi connectivity index (χ2n) is 2.53. The molecule has 0 spiro atoms. The SMILES string of the molecule is CCc1nc(F)nc2[nH]ccc12. The van der Waals surface area contributed by atoms with E-state index in [9.17, 15) is 4.39 Å². The number of H-pyrrole nitrogens is 1. The van der Waals surface area contributed by atoms with Crippen molar-refractivity contribution < 1.29 is 4.39 Å². The smallest absolute Gasteiger partial charge is 0.310 e. The summed E-state index contributed by atoms with van der Waals surface area (Å²) in [4.78, 5) is 10.1. The molecule has 2 rings (SSSR count). The molecule has 2 aromatic heterocycles. The van der Waals surface area contributed by atoms with Gasteiger partial charge in [0.1, 0.15) is 5.65 Å². The Kier molecular flexibility index (Phi) is 1.53. The summed E-state index contributed by atoms with van der Waals surface area (Å²) in [5.41, 5.74) is 1.32. The van der Waals surface area contributed by atoms with Gasteiger partial charge in [0.25, 0.3) is 0 Å². The van der Waals surface area contributed by atoms with Crippen LogP contribution < -0.4 is 0 Å². The Balaban J connectivity index is 2.80. The van der Waals surface area contributed by atoms with Crippen molar-refractivity contribution in [3.63, 3.8) is 0 Å². The number of halogens is 1. The predicted octanol–water partition coefficient (Wildman–Crippen LogP) is 1.66. The number of nitrogens with one attached hydrogen (secondary N) is 1. The number of fused-ring (bicyclic) bond motifs is 1. The first-order valence-corrected chi connectivity index (χ1v) is 3.80. The highest BCUT2D eigenvalue weighted by Crippen LogP contribution is 2.13. The van der Waals surface area contributed by atoms with E-state index in [0.717, 1.165) is 11.1 Å². The Labute approximate surface area is 68.7 Å². The van der Waals surface area contributed by atoms with Gasteiger partial charge in [0.2, 0.25) is 0 Å². The summed E-state index contributed by atoms with van der Waals surface area (Å²) in [6.45, 7) is 1.94. The van der Waals surface area contributed by atoms with Gasteiger partial charge in [-0.15, -0.1) is 0 Å². The molecular weight excluding hydrogens is 157 g/mol. The number of aromatic nitrogens is 3. The molecule has 0 radical (unpaired) electrons. The quantitative estimate of drug-likeness (QED) is 0.653. The van der Waals surface area contributed by atoms with E-state index in [2.05, 4.69) is 15.0 Å². The molecule has 0 aromatic carbocycles. The molecule has 0 aliphatic carbocycles. The van der Waals surface area contributed by atoms with E-state index < -0.39 is 6.08 Å². The molecule has 12 heavy (non-hydrogen) atoms. The summed E-state index contributed by atoms with van der Waals surface area (Å²) >= 11 is 0. The number of hydrogen-bond acceptors (Lipinski definition) is 2. The maximum absolute atomic E-state index is 12.7. The summed E-state index contributed by atoms with van der Waals surface area (Å²) in [5.74, 6) is 0. The van der Waals surface area contributed by atoms with Crippen LogP contribution in [0.5, 0.6) is 0 Å². The summed E-state index contributed by atoms with van der Waals surface area (Å²) < 4.78 is 12.7. The van der Waals surface area contributed by atoms with Crippen LogP contribution in [0.15, 0.2) is 12.3 Å². The Morgan fingerprint density at radius 2 is 2.33 bits per heavy atom. The number of rotatable bonds is 1. The molecule has 0 fully saturated rings. The van der Waals surface area contributed by atoms with E-state index >= 15 is 0 Å². The van der Waals surface area contributed by atoms with Gasteiger partial charge >= 0.3 is 6.08 Å². The van der Waals surface area contributed by atoms with Gasteiger partial charge in [-0.1, -0.05) is 6.92 Å². The van der Waals surface area contributed by atoms with Crippen LogP contribution in [-0.2, 0) is 6.42 Å². The largest absolute Gasteiger partial charge is 0.346 e.